The number of carbonyl (C=O) groups excluding carboxylic acids is 1. The standard InChI is InChI=1S/C22H20O7S2/c1-27-16-8-5-14(6-9-16)4-7-15(23)13-31(25,26)21-12-18-19(29-3)10-17(28-2)11-20(18)30-22(21)24/h4-12H,13H2,1-3H3. The molecule has 0 radical (unpaired) electrons. The van der Waals surface area contributed by atoms with Crippen molar-refractivity contribution in [3.63, 3.8) is 0 Å². The Morgan fingerprint density at radius 3 is 2.26 bits per heavy atom. The second-order valence-corrected chi connectivity index (χ2v) is 9.44. The van der Waals surface area contributed by atoms with Gasteiger partial charge in [0.1, 0.15) is 27.9 Å². The quantitative estimate of drug-likeness (QED) is 0.476. The number of hydrogen-bond acceptors (Lipinski definition) is 8. The van der Waals surface area contributed by atoms with Crippen molar-refractivity contribution in [1.29, 1.82) is 0 Å². The summed E-state index contributed by atoms with van der Waals surface area (Å²) in [5, 5.41) is 0.452. The third-order valence-corrected chi connectivity index (χ3v) is 7.19. The summed E-state index contributed by atoms with van der Waals surface area (Å²) >= 11 is 0.759. The predicted octanol–water partition coefficient (Wildman–Crippen LogP) is 3.34. The summed E-state index contributed by atoms with van der Waals surface area (Å²) in [7, 11) is 0.313. The second-order valence-electron chi connectivity index (χ2n) is 6.47. The van der Waals surface area contributed by atoms with Gasteiger partial charge in [0.05, 0.1) is 21.3 Å². The first-order valence-corrected chi connectivity index (χ1v) is 11.5. The van der Waals surface area contributed by atoms with E-state index in [9.17, 15) is 18.0 Å². The molecule has 0 amide bonds. The first-order chi connectivity index (χ1) is 14.8. The van der Waals surface area contributed by atoms with Gasteiger partial charge in [0.25, 0.3) is 4.74 Å². The summed E-state index contributed by atoms with van der Waals surface area (Å²) in [6.07, 6.45) is 2.69. The van der Waals surface area contributed by atoms with Crippen LogP contribution in [-0.4, -0.2) is 41.3 Å². The van der Waals surface area contributed by atoms with Crippen LogP contribution in [0.2, 0.25) is 0 Å². The van der Waals surface area contributed by atoms with Crippen molar-refractivity contribution >= 4 is 43.1 Å². The van der Waals surface area contributed by atoms with E-state index in [4.69, 9.17) is 14.2 Å². The number of ketones is 1. The molecular formula is C22H20O7S2. The van der Waals surface area contributed by atoms with Crippen LogP contribution in [0.25, 0.3) is 16.2 Å². The van der Waals surface area contributed by atoms with Crippen LogP contribution >= 0.6 is 11.3 Å². The molecule has 1 heterocycles. The largest absolute Gasteiger partial charge is 0.497 e. The van der Waals surface area contributed by atoms with E-state index in [0.29, 0.717) is 32.9 Å². The lowest BCUT2D eigenvalue weighted by Crippen LogP contribution is -2.20. The molecule has 0 spiro atoms. The van der Waals surface area contributed by atoms with Crippen LogP contribution in [-0.2, 0) is 14.6 Å². The lowest BCUT2D eigenvalue weighted by Gasteiger charge is -2.09. The van der Waals surface area contributed by atoms with Crippen LogP contribution in [0.4, 0.5) is 0 Å². The second kappa shape index (κ2) is 9.32. The van der Waals surface area contributed by atoms with Crippen molar-refractivity contribution in [2.24, 2.45) is 0 Å². The first kappa shape index (κ1) is 22.5. The maximum absolute atomic E-state index is 12.8. The average Bonchev–Trinajstić information content (AvgIpc) is 2.76. The molecule has 3 rings (SSSR count). The highest BCUT2D eigenvalue weighted by Crippen LogP contribution is 2.33. The zero-order valence-corrected chi connectivity index (χ0v) is 18.7. The van der Waals surface area contributed by atoms with E-state index in [1.165, 1.54) is 32.4 Å². The molecular weight excluding hydrogens is 440 g/mol. The van der Waals surface area contributed by atoms with Crippen molar-refractivity contribution in [2.75, 3.05) is 27.1 Å². The fourth-order valence-electron chi connectivity index (χ4n) is 2.86. The summed E-state index contributed by atoms with van der Waals surface area (Å²) in [6.45, 7) is 0. The summed E-state index contributed by atoms with van der Waals surface area (Å²) in [5.74, 6) is 0.0647. The fourth-order valence-corrected chi connectivity index (χ4v) is 5.35. The van der Waals surface area contributed by atoms with Gasteiger partial charge in [-0.15, -0.1) is 0 Å². The van der Waals surface area contributed by atoms with Gasteiger partial charge >= 0.3 is 0 Å². The van der Waals surface area contributed by atoms with Crippen molar-refractivity contribution in [3.8, 4) is 17.2 Å². The molecule has 31 heavy (non-hydrogen) atoms. The third-order valence-electron chi connectivity index (χ3n) is 4.46. The van der Waals surface area contributed by atoms with Gasteiger partial charge in [-0.2, -0.15) is 0 Å². The van der Waals surface area contributed by atoms with E-state index < -0.39 is 31.0 Å². The smallest absolute Gasteiger partial charge is 0.251 e. The van der Waals surface area contributed by atoms with E-state index in [2.05, 4.69) is 0 Å². The molecule has 0 N–H and O–H groups in total. The number of ether oxygens (including phenoxy) is 3. The average molecular weight is 461 g/mol. The van der Waals surface area contributed by atoms with Gasteiger partial charge in [-0.25, -0.2) is 8.42 Å². The Bertz CT molecular complexity index is 1300. The Hall–Kier alpha value is -3.17. The third kappa shape index (κ3) is 5.12. The van der Waals surface area contributed by atoms with E-state index in [1.807, 2.05) is 0 Å². The minimum Gasteiger partial charge on any atom is -0.497 e. The zero-order chi connectivity index (χ0) is 22.6. The summed E-state index contributed by atoms with van der Waals surface area (Å²) in [4.78, 5) is 24.4. The lowest BCUT2D eigenvalue weighted by atomic mass is 10.2. The van der Waals surface area contributed by atoms with E-state index in [0.717, 1.165) is 11.3 Å². The number of hydrogen-bond donors (Lipinski definition) is 0. The topological polar surface area (TPSA) is 96.0 Å². The molecule has 2 aromatic carbocycles. The number of sulfone groups is 1. The monoisotopic (exact) mass is 460 g/mol. The summed E-state index contributed by atoms with van der Waals surface area (Å²) in [6, 6.07) is 11.4. The SMILES string of the molecule is COc1ccc(C=CC(=O)CS(=O)(=O)c2cc3c(OC)cc(OC)cc3sc2=O)cc1. The maximum atomic E-state index is 12.8. The van der Waals surface area contributed by atoms with E-state index in [1.54, 1.807) is 43.5 Å². The van der Waals surface area contributed by atoms with E-state index >= 15 is 0 Å². The van der Waals surface area contributed by atoms with Gasteiger partial charge < -0.3 is 14.2 Å². The van der Waals surface area contributed by atoms with Crippen LogP contribution in [0.3, 0.4) is 0 Å². The van der Waals surface area contributed by atoms with Gasteiger partial charge in [-0.1, -0.05) is 29.5 Å². The molecule has 0 saturated heterocycles. The Morgan fingerprint density at radius 1 is 0.968 bits per heavy atom. The number of benzene rings is 2. The molecule has 0 aliphatic carbocycles. The predicted molar refractivity (Wildman–Crippen MR) is 120 cm³/mol. The Balaban J connectivity index is 1.89. The molecule has 0 saturated carbocycles. The van der Waals surface area contributed by atoms with Crippen LogP contribution in [0, 0.1) is 0 Å². The first-order valence-electron chi connectivity index (χ1n) is 9.05. The molecule has 0 atom stereocenters. The van der Waals surface area contributed by atoms with Crippen LogP contribution in [0.5, 0.6) is 17.2 Å². The highest BCUT2D eigenvalue weighted by Gasteiger charge is 2.23. The Labute approximate surface area is 183 Å². The number of fused-ring (bicyclic) bond motifs is 1. The normalized spacial score (nSPS) is 11.6. The highest BCUT2D eigenvalue weighted by atomic mass is 32.2. The van der Waals surface area contributed by atoms with Crippen molar-refractivity contribution in [1.82, 2.24) is 0 Å². The molecule has 9 heteroatoms. The summed E-state index contributed by atoms with van der Waals surface area (Å²) < 4.78 is 41.0. The van der Waals surface area contributed by atoms with Crippen molar-refractivity contribution in [3.05, 3.63) is 63.6 Å². The summed E-state index contributed by atoms with van der Waals surface area (Å²) in [5.41, 5.74) is 0.711. The molecule has 0 aliphatic heterocycles. The molecule has 0 bridgehead atoms. The zero-order valence-electron chi connectivity index (χ0n) is 17.1. The van der Waals surface area contributed by atoms with Gasteiger partial charge in [-0.3, -0.25) is 9.59 Å². The molecule has 1 aromatic heterocycles. The molecule has 0 fully saturated rings. The van der Waals surface area contributed by atoms with Gasteiger partial charge in [0.15, 0.2) is 15.6 Å². The Kier molecular flexibility index (Phi) is 6.77. The van der Waals surface area contributed by atoms with Crippen LogP contribution in [0.1, 0.15) is 5.56 Å². The van der Waals surface area contributed by atoms with E-state index in [-0.39, 0.29) is 0 Å². The van der Waals surface area contributed by atoms with Gasteiger partial charge in [-0.05, 0) is 35.9 Å². The Morgan fingerprint density at radius 2 is 1.65 bits per heavy atom. The fraction of sp³-hybridized carbons (Fsp3) is 0.182. The molecule has 0 aliphatic rings. The number of methoxy groups -OCH3 is 3. The molecule has 3 aromatic rings. The highest BCUT2D eigenvalue weighted by molar-refractivity contribution is 7.92. The minimum atomic E-state index is -4.15. The number of rotatable bonds is 8. The van der Waals surface area contributed by atoms with Crippen LogP contribution < -0.4 is 19.0 Å². The van der Waals surface area contributed by atoms with Crippen LogP contribution in [0.15, 0.2) is 58.2 Å². The maximum Gasteiger partial charge on any atom is 0.251 e. The molecule has 0 unspecified atom stereocenters. The number of allylic oxidation sites excluding steroid dienone is 1. The van der Waals surface area contributed by atoms with Gasteiger partial charge in [0.2, 0.25) is 0 Å². The van der Waals surface area contributed by atoms with Crippen molar-refractivity contribution in [2.45, 2.75) is 4.90 Å². The molecule has 162 valence electrons. The molecule has 7 nitrogen and oxygen atoms in total. The lowest BCUT2D eigenvalue weighted by molar-refractivity contribution is -0.112. The number of carbonyl (C=O) groups is 1. The van der Waals surface area contributed by atoms with Crippen molar-refractivity contribution < 1.29 is 27.4 Å². The van der Waals surface area contributed by atoms with Gasteiger partial charge in [0, 0.05) is 16.2 Å². The minimum absolute atomic E-state index is 0.368.